The van der Waals surface area contributed by atoms with Crippen LogP contribution in [0.1, 0.15) is 24.2 Å². The minimum atomic E-state index is -4.59. The molecular weight excluding hydrogens is 533 g/mol. The van der Waals surface area contributed by atoms with Gasteiger partial charge in [-0.3, -0.25) is 9.78 Å². The van der Waals surface area contributed by atoms with Gasteiger partial charge in [-0.05, 0) is 48.4 Å². The van der Waals surface area contributed by atoms with E-state index in [2.05, 4.69) is 9.97 Å². The van der Waals surface area contributed by atoms with Crippen molar-refractivity contribution in [1.29, 1.82) is 0 Å². The topological polar surface area (TPSA) is 89.5 Å². The second-order valence-electron chi connectivity index (χ2n) is 8.66. The van der Waals surface area contributed by atoms with Crippen LogP contribution in [-0.2, 0) is 27.4 Å². The summed E-state index contributed by atoms with van der Waals surface area (Å²) in [5.41, 5.74) is 0.121. The Hall–Kier alpha value is -3.45. The molecule has 3 aromatic rings. The molecular formula is C25H22F5N3O4S. The Balaban J connectivity index is 1.52. The lowest BCUT2D eigenvalue weighted by atomic mass is 10.0. The lowest BCUT2D eigenvalue weighted by Crippen LogP contribution is -2.40. The van der Waals surface area contributed by atoms with Gasteiger partial charge in [0.1, 0.15) is 17.7 Å². The van der Waals surface area contributed by atoms with E-state index in [9.17, 15) is 35.2 Å². The van der Waals surface area contributed by atoms with Crippen LogP contribution < -0.4 is 4.74 Å². The van der Waals surface area contributed by atoms with Crippen molar-refractivity contribution in [2.75, 3.05) is 13.7 Å². The first kappa shape index (κ1) is 27.6. The molecule has 38 heavy (non-hydrogen) atoms. The molecule has 1 aliphatic rings. The first-order valence-corrected chi connectivity index (χ1v) is 12.9. The SMILES string of the molecule is COc1cc(-c2ccc(C(F)(F)F)nc2)cc(CCC(=O)[C@@H]2C[C@@H](F)CN2S(=O)(=O)c2ccc(F)cc2)n1. The summed E-state index contributed by atoms with van der Waals surface area (Å²) < 4.78 is 98.1. The number of alkyl halides is 4. The molecule has 0 aliphatic carbocycles. The van der Waals surface area contributed by atoms with Crippen LogP contribution in [0.15, 0.2) is 59.6 Å². The average Bonchev–Trinajstić information content (AvgIpc) is 3.29. The molecule has 1 aromatic carbocycles. The maximum absolute atomic E-state index is 14.3. The van der Waals surface area contributed by atoms with Gasteiger partial charge < -0.3 is 4.74 Å². The molecule has 13 heteroatoms. The van der Waals surface area contributed by atoms with Gasteiger partial charge in [-0.15, -0.1) is 0 Å². The van der Waals surface area contributed by atoms with Gasteiger partial charge in [0.05, 0.1) is 18.0 Å². The van der Waals surface area contributed by atoms with Crippen molar-refractivity contribution in [3.8, 4) is 17.0 Å². The highest BCUT2D eigenvalue weighted by atomic mass is 32.2. The number of pyridine rings is 2. The summed E-state index contributed by atoms with van der Waals surface area (Å²) in [5, 5.41) is 0. The Morgan fingerprint density at radius 1 is 1.11 bits per heavy atom. The standard InChI is InChI=1S/C25H22F5N3O4S/c1-37-24-11-16(15-2-9-23(31-13-15)25(28,29)30)10-19(32-24)5-8-22(34)21-12-18(27)14-33(21)38(35,36)20-6-3-17(26)4-7-20/h2-4,6-7,9-11,13,18,21H,5,8,12,14H2,1H3/t18-,21+/m1/s1. The van der Waals surface area contributed by atoms with E-state index in [0.717, 1.165) is 40.8 Å². The second-order valence-corrected chi connectivity index (χ2v) is 10.6. The van der Waals surface area contributed by atoms with E-state index in [0.29, 0.717) is 16.8 Å². The molecule has 0 spiro atoms. The molecule has 3 heterocycles. The van der Waals surface area contributed by atoms with Crippen LogP contribution in [0, 0.1) is 5.82 Å². The normalized spacial score (nSPS) is 18.5. The molecule has 1 fully saturated rings. The van der Waals surface area contributed by atoms with Crippen molar-refractivity contribution in [2.45, 2.75) is 42.5 Å². The molecule has 0 saturated carbocycles. The molecule has 0 N–H and O–H groups in total. The Labute approximate surface area is 215 Å². The molecule has 0 radical (unpaired) electrons. The van der Waals surface area contributed by atoms with Gasteiger partial charge in [-0.2, -0.15) is 17.5 Å². The zero-order chi connectivity index (χ0) is 27.7. The summed E-state index contributed by atoms with van der Waals surface area (Å²) in [7, 11) is -2.90. The van der Waals surface area contributed by atoms with Gasteiger partial charge in [0.25, 0.3) is 0 Å². The fourth-order valence-corrected chi connectivity index (χ4v) is 5.81. The summed E-state index contributed by atoms with van der Waals surface area (Å²) in [6.07, 6.45) is -5.53. The van der Waals surface area contributed by atoms with Gasteiger partial charge in [-0.25, -0.2) is 22.2 Å². The largest absolute Gasteiger partial charge is 0.481 e. The van der Waals surface area contributed by atoms with Gasteiger partial charge in [-0.1, -0.05) is 6.07 Å². The van der Waals surface area contributed by atoms with Crippen LogP contribution in [0.4, 0.5) is 22.0 Å². The van der Waals surface area contributed by atoms with Gasteiger partial charge in [0, 0.05) is 42.9 Å². The Bertz CT molecular complexity index is 1410. The minimum absolute atomic E-state index is 0.0367. The van der Waals surface area contributed by atoms with Crippen LogP contribution in [0.5, 0.6) is 5.88 Å². The first-order chi connectivity index (χ1) is 17.9. The molecule has 2 aromatic heterocycles. The van der Waals surface area contributed by atoms with E-state index in [1.807, 2.05) is 0 Å². The number of rotatable bonds is 8. The average molecular weight is 556 g/mol. The number of aromatic nitrogens is 2. The molecule has 1 aliphatic heterocycles. The first-order valence-electron chi connectivity index (χ1n) is 11.4. The molecule has 4 rings (SSSR count). The Morgan fingerprint density at radius 3 is 2.42 bits per heavy atom. The highest BCUT2D eigenvalue weighted by molar-refractivity contribution is 7.89. The number of sulfonamides is 1. The molecule has 0 amide bonds. The quantitative estimate of drug-likeness (QED) is 0.377. The van der Waals surface area contributed by atoms with Crippen molar-refractivity contribution in [1.82, 2.24) is 14.3 Å². The monoisotopic (exact) mass is 555 g/mol. The summed E-state index contributed by atoms with van der Waals surface area (Å²) in [4.78, 5) is 20.5. The zero-order valence-corrected chi connectivity index (χ0v) is 20.8. The van der Waals surface area contributed by atoms with Crippen molar-refractivity contribution < 1.29 is 39.9 Å². The number of ketones is 1. The number of carbonyl (C=O) groups is 1. The number of ether oxygens (including phenoxy) is 1. The third kappa shape index (κ3) is 5.99. The second kappa shape index (κ2) is 10.7. The zero-order valence-electron chi connectivity index (χ0n) is 20.0. The fraction of sp³-hybridized carbons (Fsp3) is 0.320. The smallest absolute Gasteiger partial charge is 0.433 e. The van der Waals surface area contributed by atoms with Crippen molar-refractivity contribution >= 4 is 15.8 Å². The van der Waals surface area contributed by atoms with Gasteiger partial charge in [0.2, 0.25) is 15.9 Å². The summed E-state index contributed by atoms with van der Waals surface area (Å²) in [6, 6.07) is 7.93. The van der Waals surface area contributed by atoms with Crippen molar-refractivity contribution in [2.24, 2.45) is 0 Å². The maximum atomic E-state index is 14.3. The van der Waals surface area contributed by atoms with Crippen molar-refractivity contribution in [3.63, 3.8) is 0 Å². The molecule has 0 bridgehead atoms. The van der Waals surface area contributed by atoms with Gasteiger partial charge in [0.15, 0.2) is 5.78 Å². The van der Waals surface area contributed by atoms with E-state index in [1.165, 1.54) is 19.2 Å². The number of benzene rings is 1. The van der Waals surface area contributed by atoms with E-state index < -0.39 is 52.3 Å². The number of nitrogens with zero attached hydrogens (tertiary/aromatic N) is 3. The number of halogens is 5. The van der Waals surface area contributed by atoms with E-state index in [4.69, 9.17) is 4.74 Å². The fourth-order valence-electron chi connectivity index (χ4n) is 4.17. The number of aryl methyl sites for hydroxylation is 1. The summed E-state index contributed by atoms with van der Waals surface area (Å²) in [5.74, 6) is -1.02. The number of Topliss-reactive ketones (excluding diaryl/α,β-unsaturated/α-hetero) is 1. The predicted molar refractivity (Wildman–Crippen MR) is 126 cm³/mol. The van der Waals surface area contributed by atoms with E-state index >= 15 is 0 Å². The van der Waals surface area contributed by atoms with Crippen LogP contribution in [-0.4, -0.2) is 54.3 Å². The highest BCUT2D eigenvalue weighted by Crippen LogP contribution is 2.31. The number of hydrogen-bond donors (Lipinski definition) is 0. The Morgan fingerprint density at radius 2 is 1.82 bits per heavy atom. The highest BCUT2D eigenvalue weighted by Gasteiger charge is 2.43. The predicted octanol–water partition coefficient (Wildman–Crippen LogP) is 4.61. The lowest BCUT2D eigenvalue weighted by Gasteiger charge is -2.22. The molecule has 0 unspecified atom stereocenters. The number of hydrogen-bond acceptors (Lipinski definition) is 6. The van der Waals surface area contributed by atoms with E-state index in [-0.39, 0.29) is 30.0 Å². The number of methoxy groups -OCH3 is 1. The third-order valence-corrected chi connectivity index (χ3v) is 7.96. The van der Waals surface area contributed by atoms with Crippen LogP contribution >= 0.6 is 0 Å². The number of carbonyl (C=O) groups excluding carboxylic acids is 1. The molecule has 1 saturated heterocycles. The molecule has 2 atom stereocenters. The summed E-state index contributed by atoms with van der Waals surface area (Å²) in [6.45, 7) is -0.501. The van der Waals surface area contributed by atoms with Crippen LogP contribution in [0.2, 0.25) is 0 Å². The third-order valence-electron chi connectivity index (χ3n) is 6.08. The van der Waals surface area contributed by atoms with Crippen LogP contribution in [0.25, 0.3) is 11.1 Å². The molecule has 202 valence electrons. The maximum Gasteiger partial charge on any atom is 0.433 e. The Kier molecular flexibility index (Phi) is 7.79. The lowest BCUT2D eigenvalue weighted by molar-refractivity contribution is -0.141. The van der Waals surface area contributed by atoms with Gasteiger partial charge >= 0.3 is 6.18 Å². The summed E-state index contributed by atoms with van der Waals surface area (Å²) >= 11 is 0. The van der Waals surface area contributed by atoms with Crippen LogP contribution in [0.3, 0.4) is 0 Å². The van der Waals surface area contributed by atoms with E-state index in [1.54, 1.807) is 6.07 Å². The van der Waals surface area contributed by atoms with Crippen molar-refractivity contribution in [3.05, 3.63) is 71.9 Å². The minimum Gasteiger partial charge on any atom is -0.481 e. The molecule has 7 nitrogen and oxygen atoms in total.